The first kappa shape index (κ1) is 17.0. The number of ether oxygens (including phenoxy) is 1. The average molecular weight is 351 g/mol. The summed E-state index contributed by atoms with van der Waals surface area (Å²) >= 11 is 0.952. The van der Waals surface area contributed by atoms with Gasteiger partial charge in [0, 0.05) is 0 Å². The number of imide groups is 1. The van der Waals surface area contributed by atoms with Crippen LogP contribution < -0.4 is 9.64 Å². The van der Waals surface area contributed by atoms with Crippen LogP contribution in [0, 0.1) is 0 Å². The molecule has 0 radical (unpaired) electrons. The summed E-state index contributed by atoms with van der Waals surface area (Å²) in [5, 5.41) is -0.297. The van der Waals surface area contributed by atoms with Gasteiger partial charge in [0.05, 0.1) is 17.7 Å². The number of thioether (sulfide) groups is 1. The van der Waals surface area contributed by atoms with Crippen LogP contribution in [0.15, 0.2) is 71.2 Å². The van der Waals surface area contributed by atoms with Crippen molar-refractivity contribution in [2.75, 3.05) is 12.0 Å². The van der Waals surface area contributed by atoms with Crippen molar-refractivity contribution in [3.63, 3.8) is 0 Å². The molecule has 0 aliphatic carbocycles. The molecule has 0 spiro atoms. The van der Waals surface area contributed by atoms with Gasteiger partial charge in [0.1, 0.15) is 5.75 Å². The predicted octanol–water partition coefficient (Wildman–Crippen LogP) is 4.88. The van der Waals surface area contributed by atoms with Crippen LogP contribution in [0.1, 0.15) is 12.5 Å². The molecule has 1 fully saturated rings. The Labute approximate surface area is 150 Å². The molecule has 1 aliphatic rings. The lowest BCUT2D eigenvalue weighted by Crippen LogP contribution is -2.27. The molecule has 0 unspecified atom stereocenters. The van der Waals surface area contributed by atoms with Gasteiger partial charge in [-0.1, -0.05) is 36.4 Å². The van der Waals surface area contributed by atoms with E-state index in [0.717, 1.165) is 22.9 Å². The first-order valence-corrected chi connectivity index (χ1v) is 8.55. The molecule has 1 saturated heterocycles. The number of anilines is 1. The normalized spacial score (nSPS) is 16.6. The lowest BCUT2D eigenvalue weighted by atomic mass is 10.1. The van der Waals surface area contributed by atoms with Crippen molar-refractivity contribution < 1.29 is 14.3 Å². The van der Waals surface area contributed by atoms with Crippen LogP contribution in [0.25, 0.3) is 6.08 Å². The Morgan fingerprint density at radius 1 is 1.04 bits per heavy atom. The molecule has 2 aromatic carbocycles. The monoisotopic (exact) mass is 351 g/mol. The van der Waals surface area contributed by atoms with Crippen molar-refractivity contribution in [3.8, 4) is 5.75 Å². The molecule has 0 aromatic heterocycles. The van der Waals surface area contributed by atoms with E-state index in [-0.39, 0.29) is 11.1 Å². The second kappa shape index (κ2) is 7.40. The van der Waals surface area contributed by atoms with Gasteiger partial charge >= 0.3 is 0 Å². The number of benzene rings is 2. The Bertz CT molecular complexity index is 854. The quantitative estimate of drug-likeness (QED) is 0.736. The molecular weight excluding hydrogens is 334 g/mol. The summed E-state index contributed by atoms with van der Waals surface area (Å²) in [6.07, 6.45) is 3.72. The number of hydrogen-bond donors (Lipinski definition) is 0. The van der Waals surface area contributed by atoms with Crippen LogP contribution in [-0.2, 0) is 4.79 Å². The minimum atomic E-state index is -0.305. The SMILES string of the molecule is COc1ccc(N2C(=O)S/C(=C/C(C)=Cc3ccccc3)C2=O)cc1. The molecule has 2 aromatic rings. The van der Waals surface area contributed by atoms with Crippen LogP contribution in [0.4, 0.5) is 10.5 Å². The number of amides is 2. The number of allylic oxidation sites excluding steroid dienone is 2. The largest absolute Gasteiger partial charge is 0.497 e. The second-order valence-electron chi connectivity index (χ2n) is 5.51. The fourth-order valence-electron chi connectivity index (χ4n) is 2.48. The lowest BCUT2D eigenvalue weighted by Gasteiger charge is -2.12. The van der Waals surface area contributed by atoms with E-state index in [1.54, 1.807) is 37.5 Å². The molecule has 0 bridgehead atoms. The third-order valence-electron chi connectivity index (χ3n) is 3.68. The third kappa shape index (κ3) is 3.83. The maximum Gasteiger partial charge on any atom is 0.298 e. The number of carbonyl (C=O) groups excluding carboxylic acids is 2. The van der Waals surface area contributed by atoms with Crippen molar-refractivity contribution in [2.24, 2.45) is 0 Å². The fourth-order valence-corrected chi connectivity index (χ4v) is 3.37. The van der Waals surface area contributed by atoms with Crippen molar-refractivity contribution in [1.29, 1.82) is 0 Å². The highest BCUT2D eigenvalue weighted by Crippen LogP contribution is 2.35. The Kier molecular flexibility index (Phi) is 5.05. The Morgan fingerprint density at radius 2 is 1.72 bits per heavy atom. The molecule has 0 atom stereocenters. The van der Waals surface area contributed by atoms with E-state index in [2.05, 4.69) is 0 Å². The van der Waals surface area contributed by atoms with Gasteiger partial charge in [-0.2, -0.15) is 0 Å². The van der Waals surface area contributed by atoms with E-state index in [1.807, 2.05) is 43.3 Å². The Morgan fingerprint density at radius 3 is 2.36 bits per heavy atom. The van der Waals surface area contributed by atoms with E-state index in [0.29, 0.717) is 16.3 Å². The van der Waals surface area contributed by atoms with Crippen LogP contribution in [0.3, 0.4) is 0 Å². The summed E-state index contributed by atoms with van der Waals surface area (Å²) in [6, 6.07) is 16.7. The molecule has 25 heavy (non-hydrogen) atoms. The fraction of sp³-hybridized carbons (Fsp3) is 0.100. The van der Waals surface area contributed by atoms with Gasteiger partial charge in [0.25, 0.3) is 11.1 Å². The van der Waals surface area contributed by atoms with Crippen molar-refractivity contribution in [3.05, 3.63) is 76.7 Å². The van der Waals surface area contributed by atoms with Gasteiger partial charge in [-0.15, -0.1) is 0 Å². The maximum absolute atomic E-state index is 12.6. The van der Waals surface area contributed by atoms with E-state index in [4.69, 9.17) is 4.74 Å². The predicted molar refractivity (Wildman–Crippen MR) is 102 cm³/mol. The highest BCUT2D eigenvalue weighted by molar-refractivity contribution is 8.18. The van der Waals surface area contributed by atoms with E-state index in [9.17, 15) is 9.59 Å². The van der Waals surface area contributed by atoms with E-state index >= 15 is 0 Å². The minimum absolute atomic E-state index is 0.297. The Hall–Kier alpha value is -2.79. The van der Waals surface area contributed by atoms with Gasteiger partial charge in [0.15, 0.2) is 0 Å². The van der Waals surface area contributed by atoms with Gasteiger partial charge < -0.3 is 4.74 Å². The maximum atomic E-state index is 12.6. The first-order valence-electron chi connectivity index (χ1n) is 7.74. The standard InChI is InChI=1S/C20H17NO3S/c1-14(12-15-6-4-3-5-7-15)13-18-19(22)21(20(23)25-18)16-8-10-17(24-2)11-9-16/h3-13H,1-2H3/b14-12?,18-13+. The van der Waals surface area contributed by atoms with Gasteiger partial charge in [-0.3, -0.25) is 9.59 Å². The number of carbonyl (C=O) groups is 2. The zero-order chi connectivity index (χ0) is 17.8. The molecular formula is C20H17NO3S. The molecule has 0 saturated carbocycles. The van der Waals surface area contributed by atoms with Crippen molar-refractivity contribution in [2.45, 2.75) is 6.92 Å². The summed E-state index contributed by atoms with van der Waals surface area (Å²) in [5.74, 6) is 0.369. The summed E-state index contributed by atoms with van der Waals surface area (Å²) in [4.78, 5) is 26.5. The topological polar surface area (TPSA) is 46.6 Å². The molecule has 126 valence electrons. The third-order valence-corrected chi connectivity index (χ3v) is 4.55. The zero-order valence-corrected chi connectivity index (χ0v) is 14.7. The molecule has 4 nitrogen and oxygen atoms in total. The van der Waals surface area contributed by atoms with Gasteiger partial charge in [0.2, 0.25) is 0 Å². The summed E-state index contributed by atoms with van der Waals surface area (Å²) < 4.78 is 5.10. The van der Waals surface area contributed by atoms with Gasteiger partial charge in [-0.05, 0) is 60.2 Å². The average Bonchev–Trinajstić information content (AvgIpc) is 2.89. The lowest BCUT2D eigenvalue weighted by molar-refractivity contribution is -0.113. The number of nitrogens with zero attached hydrogens (tertiary/aromatic N) is 1. The summed E-state index contributed by atoms with van der Waals surface area (Å²) in [6.45, 7) is 1.91. The van der Waals surface area contributed by atoms with E-state index < -0.39 is 0 Å². The van der Waals surface area contributed by atoms with Crippen molar-refractivity contribution >= 4 is 34.7 Å². The van der Waals surface area contributed by atoms with Crippen LogP contribution in [0.5, 0.6) is 5.75 Å². The highest BCUT2D eigenvalue weighted by atomic mass is 32.2. The summed E-state index contributed by atoms with van der Waals surface area (Å²) in [5.41, 5.74) is 2.49. The summed E-state index contributed by atoms with van der Waals surface area (Å²) in [7, 11) is 1.57. The molecule has 0 N–H and O–H groups in total. The smallest absolute Gasteiger partial charge is 0.298 e. The second-order valence-corrected chi connectivity index (χ2v) is 6.51. The number of hydrogen-bond acceptors (Lipinski definition) is 4. The van der Waals surface area contributed by atoms with Crippen LogP contribution >= 0.6 is 11.8 Å². The zero-order valence-electron chi connectivity index (χ0n) is 13.9. The Balaban J connectivity index is 1.84. The van der Waals surface area contributed by atoms with E-state index in [1.165, 1.54) is 4.90 Å². The molecule has 1 aliphatic heterocycles. The highest BCUT2D eigenvalue weighted by Gasteiger charge is 2.36. The first-order chi connectivity index (χ1) is 12.1. The van der Waals surface area contributed by atoms with Crippen LogP contribution in [0.2, 0.25) is 0 Å². The minimum Gasteiger partial charge on any atom is -0.497 e. The number of rotatable bonds is 4. The van der Waals surface area contributed by atoms with Gasteiger partial charge in [-0.25, -0.2) is 4.90 Å². The molecule has 2 amide bonds. The van der Waals surface area contributed by atoms with Crippen LogP contribution in [-0.4, -0.2) is 18.3 Å². The molecule has 3 rings (SSSR count). The molecule has 1 heterocycles. The number of methoxy groups -OCH3 is 1. The molecule has 5 heteroatoms. The van der Waals surface area contributed by atoms with Crippen molar-refractivity contribution in [1.82, 2.24) is 0 Å².